The first kappa shape index (κ1) is 26.7. The molecule has 3 aliphatic rings. The SMILES string of the molecule is C/C=C\C(=C1/CC2=C(/C=C\CC)C3(c4ccccc4-c4ccccc43)c3ccc4c5ccccc5n1c4c32)c1ccccc1Br. The number of fused-ring (bicyclic) bond motifs is 9. The van der Waals surface area contributed by atoms with Crippen LogP contribution in [0, 0.1) is 0 Å². The van der Waals surface area contributed by atoms with Gasteiger partial charge < -0.3 is 4.57 Å². The van der Waals surface area contributed by atoms with Crippen molar-refractivity contribution in [3.05, 3.63) is 171 Å². The van der Waals surface area contributed by atoms with Crippen molar-refractivity contribution in [1.82, 2.24) is 4.57 Å². The highest BCUT2D eigenvalue weighted by Crippen LogP contribution is 2.65. The Kier molecular flexibility index (Phi) is 5.89. The van der Waals surface area contributed by atoms with Gasteiger partial charge in [0.2, 0.25) is 0 Å². The molecule has 2 heterocycles. The fraction of sp³-hybridized carbons (Fsp3) is 0.116. The summed E-state index contributed by atoms with van der Waals surface area (Å²) in [6, 6.07) is 40.7. The van der Waals surface area contributed by atoms with Gasteiger partial charge in [-0.2, -0.15) is 0 Å². The van der Waals surface area contributed by atoms with Crippen LogP contribution in [0.2, 0.25) is 0 Å². The van der Waals surface area contributed by atoms with E-state index in [4.69, 9.17) is 0 Å². The van der Waals surface area contributed by atoms with Gasteiger partial charge in [-0.1, -0.05) is 144 Å². The molecule has 0 N–H and O–H groups in total. The highest BCUT2D eigenvalue weighted by Gasteiger charge is 2.53. The van der Waals surface area contributed by atoms with Crippen molar-refractivity contribution in [3.8, 4) is 11.1 Å². The van der Waals surface area contributed by atoms with Crippen LogP contribution in [0.15, 0.2) is 144 Å². The number of para-hydroxylation sites is 1. The van der Waals surface area contributed by atoms with Gasteiger partial charge in [-0.25, -0.2) is 0 Å². The number of benzene rings is 5. The van der Waals surface area contributed by atoms with Crippen LogP contribution in [0.25, 0.3) is 49.8 Å². The van der Waals surface area contributed by atoms with Crippen molar-refractivity contribution in [2.24, 2.45) is 0 Å². The maximum atomic E-state index is 3.92. The van der Waals surface area contributed by atoms with E-state index >= 15 is 0 Å². The average Bonchev–Trinajstić information content (AvgIpc) is 3.68. The Balaban J connectivity index is 1.52. The first-order valence-electron chi connectivity index (χ1n) is 16.0. The highest BCUT2D eigenvalue weighted by atomic mass is 79.9. The largest absolute Gasteiger partial charge is 0.311 e. The minimum atomic E-state index is -0.359. The van der Waals surface area contributed by atoms with Crippen LogP contribution in [0.3, 0.4) is 0 Å². The number of hydrogen-bond acceptors (Lipinski definition) is 0. The van der Waals surface area contributed by atoms with Crippen LogP contribution >= 0.6 is 15.9 Å². The summed E-state index contributed by atoms with van der Waals surface area (Å²) >= 11 is 3.92. The molecular formula is C43H32BrN. The molecule has 1 spiro atoms. The van der Waals surface area contributed by atoms with Gasteiger partial charge >= 0.3 is 0 Å². The molecule has 1 nitrogen and oxygen atoms in total. The fourth-order valence-electron chi connectivity index (χ4n) is 8.57. The standard InChI is InChI=1S/C43H32BrN/c1-3-5-19-36-33-26-40(30(14-4-2)29-17-8-12-22-38(29)44)45-39-23-13-9-18-31(39)32-24-25-37(41(33)42(32)45)43(36)34-20-10-6-15-27(34)28-16-7-11-21-35(28)43/h4-25H,3,26H2,1-2H3/b14-4-,19-5-,40-30-. The number of allylic oxidation sites excluding steroid dienone is 8. The van der Waals surface area contributed by atoms with Gasteiger partial charge in [0.1, 0.15) is 0 Å². The van der Waals surface area contributed by atoms with Crippen LogP contribution in [-0.4, -0.2) is 4.57 Å². The number of halogens is 1. The molecule has 6 aromatic rings. The third kappa shape index (κ3) is 3.38. The molecule has 2 heteroatoms. The second-order valence-electron chi connectivity index (χ2n) is 12.3. The molecule has 0 fully saturated rings. The van der Waals surface area contributed by atoms with E-state index in [1.807, 2.05) is 0 Å². The molecule has 45 heavy (non-hydrogen) atoms. The van der Waals surface area contributed by atoms with Crippen LogP contribution in [0.4, 0.5) is 0 Å². The quantitative estimate of drug-likeness (QED) is 0.180. The van der Waals surface area contributed by atoms with E-state index in [0.717, 1.165) is 17.3 Å². The van der Waals surface area contributed by atoms with Gasteiger partial charge in [0.25, 0.3) is 0 Å². The van der Waals surface area contributed by atoms with Gasteiger partial charge in [0.15, 0.2) is 0 Å². The van der Waals surface area contributed by atoms with E-state index in [1.165, 1.54) is 83.2 Å². The lowest BCUT2D eigenvalue weighted by Crippen LogP contribution is -2.26. The molecule has 0 amide bonds. The van der Waals surface area contributed by atoms with Crippen molar-refractivity contribution in [3.63, 3.8) is 0 Å². The summed E-state index contributed by atoms with van der Waals surface area (Å²) in [7, 11) is 0. The topological polar surface area (TPSA) is 4.93 Å². The molecule has 0 saturated heterocycles. The Morgan fingerprint density at radius 2 is 1.47 bits per heavy atom. The Morgan fingerprint density at radius 3 is 2.20 bits per heavy atom. The fourth-order valence-corrected chi connectivity index (χ4v) is 9.07. The molecule has 0 saturated carbocycles. The number of aromatic nitrogens is 1. The lowest BCUT2D eigenvalue weighted by molar-refractivity contribution is 0.786. The summed E-state index contributed by atoms with van der Waals surface area (Å²) in [4.78, 5) is 0. The Labute approximate surface area is 272 Å². The van der Waals surface area contributed by atoms with Crippen molar-refractivity contribution >= 4 is 54.6 Å². The molecule has 9 rings (SSSR count). The average molecular weight is 643 g/mol. The van der Waals surface area contributed by atoms with Gasteiger partial charge in [0.05, 0.1) is 16.4 Å². The summed E-state index contributed by atoms with van der Waals surface area (Å²) in [6.07, 6.45) is 11.1. The zero-order valence-corrected chi connectivity index (χ0v) is 27.0. The van der Waals surface area contributed by atoms with Gasteiger partial charge in [-0.15, -0.1) is 0 Å². The third-order valence-corrected chi connectivity index (χ3v) is 10.9. The van der Waals surface area contributed by atoms with Crippen molar-refractivity contribution in [2.45, 2.75) is 32.1 Å². The van der Waals surface area contributed by atoms with E-state index in [1.54, 1.807) is 0 Å². The Hall–Kier alpha value is -4.66. The third-order valence-electron chi connectivity index (χ3n) is 10.2. The molecule has 0 radical (unpaired) electrons. The summed E-state index contributed by atoms with van der Waals surface area (Å²) < 4.78 is 3.70. The molecule has 0 atom stereocenters. The van der Waals surface area contributed by atoms with Gasteiger partial charge in [-0.05, 0) is 70.0 Å². The zero-order chi connectivity index (χ0) is 30.3. The monoisotopic (exact) mass is 641 g/mol. The highest BCUT2D eigenvalue weighted by molar-refractivity contribution is 9.10. The normalized spacial score (nSPS) is 17.0. The van der Waals surface area contributed by atoms with Crippen molar-refractivity contribution in [1.29, 1.82) is 0 Å². The molecule has 0 unspecified atom stereocenters. The predicted molar refractivity (Wildman–Crippen MR) is 194 cm³/mol. The number of nitrogens with zero attached hydrogens (tertiary/aromatic N) is 1. The van der Waals surface area contributed by atoms with E-state index < -0.39 is 0 Å². The van der Waals surface area contributed by atoms with Gasteiger partial charge in [-0.3, -0.25) is 0 Å². The first-order valence-corrected chi connectivity index (χ1v) is 16.8. The minimum Gasteiger partial charge on any atom is -0.311 e. The summed E-state index contributed by atoms with van der Waals surface area (Å²) in [5.74, 6) is 0. The maximum absolute atomic E-state index is 3.92. The van der Waals surface area contributed by atoms with Crippen LogP contribution < -0.4 is 0 Å². The Morgan fingerprint density at radius 1 is 0.778 bits per heavy atom. The van der Waals surface area contributed by atoms with Crippen molar-refractivity contribution in [2.75, 3.05) is 0 Å². The lowest BCUT2D eigenvalue weighted by Gasteiger charge is -2.31. The smallest absolute Gasteiger partial charge is 0.0723 e. The summed E-state index contributed by atoms with van der Waals surface area (Å²) in [6.45, 7) is 4.37. The lowest BCUT2D eigenvalue weighted by atomic mass is 9.69. The van der Waals surface area contributed by atoms with E-state index in [9.17, 15) is 0 Å². The molecular weight excluding hydrogens is 610 g/mol. The number of rotatable bonds is 4. The van der Waals surface area contributed by atoms with Crippen LogP contribution in [0.1, 0.15) is 54.5 Å². The summed E-state index contributed by atoms with van der Waals surface area (Å²) in [5, 5.41) is 2.63. The predicted octanol–water partition coefficient (Wildman–Crippen LogP) is 12.0. The van der Waals surface area contributed by atoms with Gasteiger partial charge in [0, 0.05) is 38.5 Å². The number of hydrogen-bond donors (Lipinski definition) is 0. The van der Waals surface area contributed by atoms with Crippen LogP contribution in [-0.2, 0) is 5.41 Å². The Bertz CT molecular complexity index is 2310. The molecule has 1 aliphatic heterocycles. The zero-order valence-electron chi connectivity index (χ0n) is 25.4. The minimum absolute atomic E-state index is 0.359. The molecule has 2 aliphatic carbocycles. The molecule has 1 aromatic heterocycles. The second kappa shape index (κ2) is 9.92. The summed E-state index contributed by atoms with van der Waals surface area (Å²) in [5.41, 5.74) is 17.2. The van der Waals surface area contributed by atoms with E-state index in [2.05, 4.69) is 168 Å². The van der Waals surface area contributed by atoms with E-state index in [-0.39, 0.29) is 5.41 Å². The maximum Gasteiger partial charge on any atom is 0.0723 e. The molecule has 216 valence electrons. The van der Waals surface area contributed by atoms with E-state index in [0.29, 0.717) is 0 Å². The molecule has 0 bridgehead atoms. The second-order valence-corrected chi connectivity index (χ2v) is 13.2. The van der Waals surface area contributed by atoms with Crippen LogP contribution in [0.5, 0.6) is 0 Å². The molecule has 5 aromatic carbocycles. The van der Waals surface area contributed by atoms with Crippen molar-refractivity contribution < 1.29 is 0 Å². The first-order chi connectivity index (χ1) is 22.2.